The minimum Gasteiger partial charge on any atom is -0.496 e. The molecule has 0 aliphatic carbocycles. The first kappa shape index (κ1) is 17.9. The lowest BCUT2D eigenvalue weighted by atomic mass is 9.83. The van der Waals surface area contributed by atoms with E-state index in [1.807, 2.05) is 33.0 Å². The second kappa shape index (κ2) is 7.74. The highest BCUT2D eigenvalue weighted by molar-refractivity contribution is 6.26. The van der Waals surface area contributed by atoms with E-state index in [-0.39, 0.29) is 6.29 Å². The Kier molecular flexibility index (Phi) is 6.59. The highest BCUT2D eigenvalue weighted by atomic mass is 28.2. The van der Waals surface area contributed by atoms with Gasteiger partial charge in [-0.2, -0.15) is 0 Å². The number of amides is 1. The third kappa shape index (κ3) is 4.16. The third-order valence-electron chi connectivity index (χ3n) is 3.22. The van der Waals surface area contributed by atoms with Crippen molar-refractivity contribution in [2.24, 2.45) is 5.73 Å². The van der Waals surface area contributed by atoms with Gasteiger partial charge < -0.3 is 19.3 Å². The van der Waals surface area contributed by atoms with E-state index in [4.69, 9.17) is 19.3 Å². The molecule has 0 fully saturated rings. The average molecular weight is 323 g/mol. The van der Waals surface area contributed by atoms with Crippen molar-refractivity contribution in [3.8, 4) is 5.75 Å². The van der Waals surface area contributed by atoms with E-state index in [0.717, 1.165) is 5.56 Å². The van der Waals surface area contributed by atoms with Crippen LogP contribution in [0.15, 0.2) is 18.2 Å². The second-order valence-electron chi connectivity index (χ2n) is 4.98. The summed E-state index contributed by atoms with van der Waals surface area (Å²) in [6, 6.07) is 5.19. The molecule has 0 aromatic heterocycles. The number of primary amides is 1. The first-order valence-corrected chi connectivity index (χ1v) is 9.33. The quantitative estimate of drug-likeness (QED) is 0.584. The van der Waals surface area contributed by atoms with Crippen LogP contribution in [0.5, 0.6) is 5.75 Å². The summed E-state index contributed by atoms with van der Waals surface area (Å²) in [6.07, 6.45) is -0.377. The van der Waals surface area contributed by atoms with Gasteiger partial charge in [-0.25, -0.2) is 0 Å². The maximum atomic E-state index is 11.3. The molecule has 0 saturated heterocycles. The summed E-state index contributed by atoms with van der Waals surface area (Å²) in [7, 11) is 2.21. The van der Waals surface area contributed by atoms with Gasteiger partial charge in [-0.15, -0.1) is 0 Å². The number of ether oxygens (including phenoxy) is 1. The molecule has 1 amide bonds. The number of benzene rings is 1. The van der Waals surface area contributed by atoms with Crippen LogP contribution < -0.4 is 10.5 Å². The maximum Gasteiger partial charge on any atom is 0.248 e. The average Bonchev–Trinajstić information content (AvgIpc) is 2.46. The van der Waals surface area contributed by atoms with Crippen LogP contribution in [-0.2, 0) is 14.3 Å². The molecule has 1 aromatic carbocycles. The van der Waals surface area contributed by atoms with Crippen LogP contribution in [0, 0.1) is 0 Å². The molecule has 5 nitrogen and oxygen atoms in total. The van der Waals surface area contributed by atoms with Crippen molar-refractivity contribution in [3.05, 3.63) is 29.3 Å². The molecular weight excluding hydrogens is 302 g/mol. The highest BCUT2D eigenvalue weighted by Crippen LogP contribution is 2.36. The van der Waals surface area contributed by atoms with Gasteiger partial charge in [-0.05, 0) is 25.2 Å². The Labute approximate surface area is 131 Å². The second-order valence-corrected chi connectivity index (χ2v) is 6.26. The van der Waals surface area contributed by atoms with Crippen LogP contribution in [-0.4, -0.2) is 38.8 Å². The lowest BCUT2D eigenvalue weighted by molar-refractivity contribution is -0.0439. The first-order valence-electron chi connectivity index (χ1n) is 6.51. The smallest absolute Gasteiger partial charge is 0.248 e. The van der Waals surface area contributed by atoms with Crippen molar-refractivity contribution in [2.45, 2.75) is 38.6 Å². The Hall–Kier alpha value is -1.16. The Balaban J connectivity index is 3.24. The number of hydrogen-bond acceptors (Lipinski definition) is 4. The standard InChI is InChI=1S/C14H21NO4Si2/c1-14(2,13(18-20-4)19-21-5)10-7-6-9(12(15)16)8-11(10)17-3/h6-8,13H,1-5H3,(H2,15,16). The van der Waals surface area contributed by atoms with Crippen LogP contribution in [0.3, 0.4) is 0 Å². The summed E-state index contributed by atoms with van der Waals surface area (Å²) in [5.41, 5.74) is 6.22. The van der Waals surface area contributed by atoms with Gasteiger partial charge in [0.1, 0.15) is 12.0 Å². The Morgan fingerprint density at radius 2 is 1.81 bits per heavy atom. The van der Waals surface area contributed by atoms with Gasteiger partial charge in [0.05, 0.1) is 7.11 Å². The maximum absolute atomic E-state index is 11.3. The minimum atomic E-state index is -0.480. The summed E-state index contributed by atoms with van der Waals surface area (Å²) < 4.78 is 16.9. The zero-order valence-corrected chi connectivity index (χ0v) is 15.0. The van der Waals surface area contributed by atoms with E-state index >= 15 is 0 Å². The largest absolute Gasteiger partial charge is 0.496 e. The summed E-state index contributed by atoms with van der Waals surface area (Å²) in [4.78, 5) is 11.3. The van der Waals surface area contributed by atoms with E-state index in [2.05, 4.69) is 0 Å². The van der Waals surface area contributed by atoms with Gasteiger partial charge in [-0.1, -0.05) is 19.9 Å². The van der Waals surface area contributed by atoms with Crippen molar-refractivity contribution in [1.82, 2.24) is 0 Å². The Morgan fingerprint density at radius 1 is 1.24 bits per heavy atom. The molecule has 2 N–H and O–H groups in total. The predicted molar refractivity (Wildman–Crippen MR) is 83.7 cm³/mol. The molecule has 0 aliphatic rings. The molecule has 0 atom stereocenters. The summed E-state index contributed by atoms with van der Waals surface area (Å²) in [5, 5.41) is 0. The Bertz CT molecular complexity index is 488. The van der Waals surface area contributed by atoms with Gasteiger partial charge in [-0.3, -0.25) is 4.79 Å². The zero-order chi connectivity index (χ0) is 16.0. The Morgan fingerprint density at radius 3 is 2.24 bits per heavy atom. The monoisotopic (exact) mass is 323 g/mol. The molecule has 0 bridgehead atoms. The number of carbonyl (C=O) groups excluding carboxylic acids is 1. The molecule has 4 radical (unpaired) electrons. The fourth-order valence-corrected chi connectivity index (χ4v) is 3.25. The number of nitrogens with two attached hydrogens (primary N) is 1. The van der Waals surface area contributed by atoms with Gasteiger partial charge in [0.25, 0.3) is 0 Å². The molecule has 114 valence electrons. The molecule has 1 aromatic rings. The normalized spacial score (nSPS) is 11.7. The molecule has 1 rings (SSSR count). The van der Waals surface area contributed by atoms with Crippen LogP contribution in [0.4, 0.5) is 0 Å². The lowest BCUT2D eigenvalue weighted by Gasteiger charge is -2.35. The molecule has 0 spiro atoms. The fourth-order valence-electron chi connectivity index (χ4n) is 2.04. The van der Waals surface area contributed by atoms with E-state index in [1.165, 1.54) is 0 Å². The fraction of sp³-hybridized carbons (Fsp3) is 0.500. The van der Waals surface area contributed by atoms with Crippen LogP contribution in [0.1, 0.15) is 29.8 Å². The predicted octanol–water partition coefficient (Wildman–Crippen LogP) is 1.77. The lowest BCUT2D eigenvalue weighted by Crippen LogP contribution is -2.39. The summed E-state index contributed by atoms with van der Waals surface area (Å²) >= 11 is 0. The summed E-state index contributed by atoms with van der Waals surface area (Å²) in [6.45, 7) is 7.97. The van der Waals surface area contributed by atoms with Crippen molar-refractivity contribution in [2.75, 3.05) is 7.11 Å². The number of rotatable bonds is 8. The van der Waals surface area contributed by atoms with Crippen molar-refractivity contribution < 1.29 is 18.4 Å². The van der Waals surface area contributed by atoms with E-state index < -0.39 is 11.3 Å². The van der Waals surface area contributed by atoms with Gasteiger partial charge in [0, 0.05) is 16.5 Å². The van der Waals surface area contributed by atoms with Crippen LogP contribution in [0.2, 0.25) is 13.1 Å². The SMILES string of the molecule is COc1cc(C(N)=O)ccc1C(C)(C)C(O[Si]C)O[Si]C. The molecular formula is C14H21NO4Si2. The molecule has 0 saturated carbocycles. The van der Waals surface area contributed by atoms with Crippen molar-refractivity contribution in [1.29, 1.82) is 0 Å². The van der Waals surface area contributed by atoms with E-state index in [0.29, 0.717) is 30.8 Å². The van der Waals surface area contributed by atoms with Crippen molar-refractivity contribution >= 4 is 25.4 Å². The number of carbonyl (C=O) groups is 1. The molecule has 0 heterocycles. The van der Waals surface area contributed by atoms with Crippen LogP contribution >= 0.6 is 0 Å². The zero-order valence-electron chi connectivity index (χ0n) is 13.0. The molecule has 0 unspecified atom stereocenters. The third-order valence-corrected chi connectivity index (χ3v) is 4.12. The highest BCUT2D eigenvalue weighted by Gasteiger charge is 2.35. The molecule has 0 aliphatic heterocycles. The topological polar surface area (TPSA) is 70.8 Å². The molecule has 21 heavy (non-hydrogen) atoms. The van der Waals surface area contributed by atoms with Gasteiger partial charge >= 0.3 is 0 Å². The molecule has 7 heteroatoms. The van der Waals surface area contributed by atoms with Crippen molar-refractivity contribution in [3.63, 3.8) is 0 Å². The van der Waals surface area contributed by atoms with Gasteiger partial charge in [0.15, 0.2) is 0 Å². The number of hydrogen-bond donors (Lipinski definition) is 1. The minimum absolute atomic E-state index is 0.322. The number of methoxy groups -OCH3 is 1. The van der Waals surface area contributed by atoms with Crippen LogP contribution in [0.25, 0.3) is 0 Å². The first-order chi connectivity index (χ1) is 9.88. The van der Waals surface area contributed by atoms with Gasteiger partial charge in [0.2, 0.25) is 25.4 Å². The van der Waals surface area contributed by atoms with E-state index in [1.54, 1.807) is 19.2 Å². The summed E-state index contributed by atoms with van der Waals surface area (Å²) in [5.74, 6) is 0.124. The van der Waals surface area contributed by atoms with E-state index in [9.17, 15) is 4.79 Å².